The van der Waals surface area contributed by atoms with Gasteiger partial charge in [-0.15, -0.1) is 0 Å². The number of H-pyrrole nitrogens is 1. The maximum absolute atomic E-state index is 11.7. The third-order valence-electron chi connectivity index (χ3n) is 2.35. The zero-order valence-electron chi connectivity index (χ0n) is 9.56. The monoisotopic (exact) mass is 242 g/mol. The van der Waals surface area contributed by atoms with Gasteiger partial charge >= 0.3 is 0 Å². The topological polar surface area (TPSA) is 83.8 Å². The van der Waals surface area contributed by atoms with Gasteiger partial charge in [-0.1, -0.05) is 0 Å². The number of thioether (sulfide) groups is 1. The van der Waals surface area contributed by atoms with Gasteiger partial charge < -0.3 is 11.1 Å². The number of aromatic amines is 1. The van der Waals surface area contributed by atoms with Gasteiger partial charge in [0.15, 0.2) is 0 Å². The van der Waals surface area contributed by atoms with Crippen molar-refractivity contribution in [1.82, 2.24) is 15.5 Å². The summed E-state index contributed by atoms with van der Waals surface area (Å²) in [6.45, 7) is 1.91. The van der Waals surface area contributed by atoms with Crippen LogP contribution < -0.4 is 11.1 Å². The molecule has 0 spiro atoms. The van der Waals surface area contributed by atoms with Gasteiger partial charge in [0.25, 0.3) is 0 Å². The molecule has 4 N–H and O–H groups in total. The van der Waals surface area contributed by atoms with E-state index in [4.69, 9.17) is 5.73 Å². The Hall–Kier alpha value is -1.01. The van der Waals surface area contributed by atoms with E-state index in [-0.39, 0.29) is 11.9 Å². The van der Waals surface area contributed by atoms with E-state index in [1.807, 2.05) is 13.2 Å². The standard InChI is InChI=1S/C10H18N4OS/c1-7(8-5-12-13-6-8)14-10(15)9(11)3-4-16-2/h5-7,9H,3-4,11H2,1-2H3,(H,12,13)(H,14,15)/t7?,9-/m1/s1. The highest BCUT2D eigenvalue weighted by atomic mass is 32.2. The average molecular weight is 242 g/mol. The molecule has 0 saturated carbocycles. The van der Waals surface area contributed by atoms with E-state index in [1.54, 1.807) is 24.2 Å². The van der Waals surface area contributed by atoms with Crippen molar-refractivity contribution >= 4 is 17.7 Å². The third-order valence-corrected chi connectivity index (χ3v) is 2.99. The largest absolute Gasteiger partial charge is 0.348 e. The second kappa shape index (κ2) is 6.55. The van der Waals surface area contributed by atoms with Gasteiger partial charge in [0.1, 0.15) is 0 Å². The number of nitrogens with one attached hydrogen (secondary N) is 2. The molecule has 5 nitrogen and oxygen atoms in total. The first-order valence-electron chi connectivity index (χ1n) is 5.18. The molecule has 1 amide bonds. The van der Waals surface area contributed by atoms with Crippen molar-refractivity contribution in [2.24, 2.45) is 5.73 Å². The molecule has 0 bridgehead atoms. The Balaban J connectivity index is 2.39. The van der Waals surface area contributed by atoms with E-state index in [2.05, 4.69) is 15.5 Å². The van der Waals surface area contributed by atoms with Crippen molar-refractivity contribution in [3.8, 4) is 0 Å². The van der Waals surface area contributed by atoms with Crippen LogP contribution in [0.25, 0.3) is 0 Å². The van der Waals surface area contributed by atoms with Crippen molar-refractivity contribution in [3.63, 3.8) is 0 Å². The summed E-state index contributed by atoms with van der Waals surface area (Å²) >= 11 is 1.69. The van der Waals surface area contributed by atoms with Gasteiger partial charge in [-0.3, -0.25) is 9.89 Å². The second-order valence-electron chi connectivity index (χ2n) is 3.65. The fourth-order valence-electron chi connectivity index (χ4n) is 1.28. The Morgan fingerprint density at radius 1 is 1.75 bits per heavy atom. The highest BCUT2D eigenvalue weighted by molar-refractivity contribution is 7.98. The molecule has 0 aliphatic heterocycles. The van der Waals surface area contributed by atoms with Gasteiger partial charge in [0, 0.05) is 11.8 Å². The number of amides is 1. The summed E-state index contributed by atoms with van der Waals surface area (Å²) in [6.07, 6.45) is 6.15. The quantitative estimate of drug-likeness (QED) is 0.684. The van der Waals surface area contributed by atoms with Crippen LogP contribution in [0.2, 0.25) is 0 Å². The molecule has 1 heterocycles. The third kappa shape index (κ3) is 3.86. The number of nitrogens with zero attached hydrogens (tertiary/aromatic N) is 1. The molecular weight excluding hydrogens is 224 g/mol. The summed E-state index contributed by atoms with van der Waals surface area (Å²) in [5, 5.41) is 9.40. The average Bonchev–Trinajstić information content (AvgIpc) is 2.79. The highest BCUT2D eigenvalue weighted by Crippen LogP contribution is 2.09. The van der Waals surface area contributed by atoms with Gasteiger partial charge in [-0.25, -0.2) is 0 Å². The minimum Gasteiger partial charge on any atom is -0.348 e. The van der Waals surface area contributed by atoms with E-state index in [1.165, 1.54) is 0 Å². The van der Waals surface area contributed by atoms with Crippen LogP contribution in [0.15, 0.2) is 12.4 Å². The lowest BCUT2D eigenvalue weighted by Crippen LogP contribution is -2.41. The molecule has 0 fully saturated rings. The molecule has 0 radical (unpaired) electrons. The number of aromatic nitrogens is 2. The normalized spacial score (nSPS) is 14.4. The SMILES string of the molecule is CSCC[C@@H](N)C(=O)NC(C)c1cn[nH]c1. The zero-order chi connectivity index (χ0) is 12.0. The van der Waals surface area contributed by atoms with E-state index in [9.17, 15) is 4.79 Å². The summed E-state index contributed by atoms with van der Waals surface area (Å²) in [5.41, 5.74) is 6.71. The van der Waals surface area contributed by atoms with Crippen LogP contribution in [0.3, 0.4) is 0 Å². The smallest absolute Gasteiger partial charge is 0.237 e. The van der Waals surface area contributed by atoms with Crippen LogP contribution in [-0.4, -0.2) is 34.2 Å². The van der Waals surface area contributed by atoms with Crippen molar-refractivity contribution in [1.29, 1.82) is 0 Å². The molecule has 6 heteroatoms. The molecule has 1 rings (SSSR count). The fraction of sp³-hybridized carbons (Fsp3) is 0.600. The maximum Gasteiger partial charge on any atom is 0.237 e. The molecule has 0 aromatic carbocycles. The molecule has 0 aliphatic rings. The van der Waals surface area contributed by atoms with Crippen LogP contribution in [0, 0.1) is 0 Å². The van der Waals surface area contributed by atoms with E-state index in [0.29, 0.717) is 6.42 Å². The molecule has 16 heavy (non-hydrogen) atoms. The highest BCUT2D eigenvalue weighted by Gasteiger charge is 2.16. The molecule has 2 atom stereocenters. The van der Waals surface area contributed by atoms with Crippen LogP contribution in [0.4, 0.5) is 0 Å². The molecule has 0 aliphatic carbocycles. The first kappa shape index (κ1) is 13.1. The molecule has 90 valence electrons. The van der Waals surface area contributed by atoms with Crippen molar-refractivity contribution in [2.75, 3.05) is 12.0 Å². The Kier molecular flexibility index (Phi) is 5.34. The van der Waals surface area contributed by atoms with Crippen molar-refractivity contribution in [2.45, 2.75) is 25.4 Å². The zero-order valence-corrected chi connectivity index (χ0v) is 10.4. The van der Waals surface area contributed by atoms with E-state index < -0.39 is 6.04 Å². The number of carbonyl (C=O) groups is 1. The molecule has 1 aromatic rings. The predicted molar refractivity (Wildman–Crippen MR) is 66.1 cm³/mol. The molecule has 0 saturated heterocycles. The number of carbonyl (C=O) groups excluding carboxylic acids is 1. The summed E-state index contributed by atoms with van der Waals surface area (Å²) in [6, 6.07) is -0.492. The summed E-state index contributed by atoms with van der Waals surface area (Å²) in [7, 11) is 0. The Morgan fingerprint density at radius 2 is 2.50 bits per heavy atom. The Morgan fingerprint density at radius 3 is 3.06 bits per heavy atom. The first-order chi connectivity index (χ1) is 7.65. The molecule has 1 aromatic heterocycles. The summed E-state index contributed by atoms with van der Waals surface area (Å²) in [5.74, 6) is 0.789. The van der Waals surface area contributed by atoms with Crippen molar-refractivity contribution < 1.29 is 4.79 Å². The number of nitrogens with two attached hydrogens (primary N) is 1. The van der Waals surface area contributed by atoms with Gasteiger partial charge in [0.2, 0.25) is 5.91 Å². The van der Waals surface area contributed by atoms with Crippen LogP contribution in [0.1, 0.15) is 24.9 Å². The first-order valence-corrected chi connectivity index (χ1v) is 6.58. The second-order valence-corrected chi connectivity index (χ2v) is 4.64. The predicted octanol–water partition coefficient (Wildman–Crippen LogP) is 0.667. The number of rotatable bonds is 6. The number of hydrogen-bond donors (Lipinski definition) is 3. The van der Waals surface area contributed by atoms with Crippen LogP contribution in [0.5, 0.6) is 0 Å². The van der Waals surface area contributed by atoms with Gasteiger partial charge in [0.05, 0.1) is 18.3 Å². The Bertz CT molecular complexity index is 315. The lowest BCUT2D eigenvalue weighted by Gasteiger charge is -2.16. The fourth-order valence-corrected chi connectivity index (χ4v) is 1.77. The minimum atomic E-state index is -0.429. The molecule has 1 unspecified atom stereocenters. The van der Waals surface area contributed by atoms with Gasteiger partial charge in [-0.2, -0.15) is 16.9 Å². The van der Waals surface area contributed by atoms with Crippen molar-refractivity contribution in [3.05, 3.63) is 18.0 Å². The van der Waals surface area contributed by atoms with Crippen LogP contribution in [-0.2, 0) is 4.79 Å². The van der Waals surface area contributed by atoms with Gasteiger partial charge in [-0.05, 0) is 25.4 Å². The molecular formula is C10H18N4OS. The summed E-state index contributed by atoms with van der Waals surface area (Å²) < 4.78 is 0. The van der Waals surface area contributed by atoms with E-state index >= 15 is 0 Å². The summed E-state index contributed by atoms with van der Waals surface area (Å²) in [4.78, 5) is 11.7. The van der Waals surface area contributed by atoms with E-state index in [0.717, 1.165) is 11.3 Å². The minimum absolute atomic E-state index is 0.0634. The maximum atomic E-state index is 11.7. The van der Waals surface area contributed by atoms with Crippen LogP contribution >= 0.6 is 11.8 Å². The lowest BCUT2D eigenvalue weighted by atomic mass is 10.1. The Labute approximate surface area is 99.6 Å². The lowest BCUT2D eigenvalue weighted by molar-refractivity contribution is -0.123. The number of hydrogen-bond acceptors (Lipinski definition) is 4.